The van der Waals surface area contributed by atoms with Crippen LogP contribution in [0.25, 0.3) is 11.8 Å². The molecule has 30 heavy (non-hydrogen) atoms. The average Bonchev–Trinajstić information content (AvgIpc) is 2.76. The molecule has 0 heterocycles. The minimum absolute atomic E-state index is 0.00268. The van der Waals surface area contributed by atoms with Crippen LogP contribution in [0.3, 0.4) is 0 Å². The van der Waals surface area contributed by atoms with Crippen LogP contribution in [0.2, 0.25) is 0 Å². The van der Waals surface area contributed by atoms with Crippen LogP contribution in [0.4, 0.5) is 0 Å². The van der Waals surface area contributed by atoms with Gasteiger partial charge in [0.15, 0.2) is 11.5 Å². The van der Waals surface area contributed by atoms with Gasteiger partial charge < -0.3 is 19.7 Å². The van der Waals surface area contributed by atoms with Gasteiger partial charge in [-0.25, -0.2) is 0 Å². The Bertz CT molecular complexity index is 944. The van der Waals surface area contributed by atoms with Crippen molar-refractivity contribution in [2.24, 2.45) is 0 Å². The minimum atomic E-state index is -0.526. The number of hydrogen-bond donors (Lipinski definition) is 2. The van der Waals surface area contributed by atoms with E-state index in [2.05, 4.69) is 0 Å². The van der Waals surface area contributed by atoms with Crippen molar-refractivity contribution in [3.63, 3.8) is 0 Å². The number of ether oxygens (including phenoxy) is 2. The summed E-state index contributed by atoms with van der Waals surface area (Å²) in [5.74, 6) is -1.73. The van der Waals surface area contributed by atoms with E-state index in [9.17, 15) is 19.8 Å². The molecule has 0 aliphatic rings. The smallest absolute Gasteiger partial charge is 0.310 e. The molecule has 6 heteroatoms. The summed E-state index contributed by atoms with van der Waals surface area (Å²) in [5.41, 5.74) is 1.75. The Morgan fingerprint density at radius 2 is 1.47 bits per heavy atom. The molecule has 6 nitrogen and oxygen atoms in total. The highest BCUT2D eigenvalue weighted by Crippen LogP contribution is 2.47. The van der Waals surface area contributed by atoms with Crippen LogP contribution in [0, 0.1) is 0 Å². The van der Waals surface area contributed by atoms with Crippen LogP contribution < -0.4 is 4.74 Å². The molecule has 0 spiro atoms. The highest BCUT2D eigenvalue weighted by Gasteiger charge is 2.28. The molecule has 0 radical (unpaired) electrons. The summed E-state index contributed by atoms with van der Waals surface area (Å²) in [5, 5.41) is 21.5. The van der Waals surface area contributed by atoms with E-state index in [1.54, 1.807) is 32.1 Å². The SMILES string of the molecule is CCC(=O)O/C(=C\c1ccccc1)c1c(O)c(O)c(CC)c(CC)c1OC(=O)CC. The van der Waals surface area contributed by atoms with Crippen LogP contribution >= 0.6 is 0 Å². The second kappa shape index (κ2) is 10.5. The van der Waals surface area contributed by atoms with Crippen LogP contribution in [-0.4, -0.2) is 22.2 Å². The average molecular weight is 412 g/mol. The van der Waals surface area contributed by atoms with Gasteiger partial charge in [0.05, 0.1) is 0 Å². The van der Waals surface area contributed by atoms with Crippen molar-refractivity contribution < 1.29 is 29.3 Å². The molecule has 0 amide bonds. The Hall–Kier alpha value is -3.28. The first-order valence-electron chi connectivity index (χ1n) is 10.2. The third kappa shape index (κ3) is 5.00. The maximum absolute atomic E-state index is 12.2. The third-order valence-electron chi connectivity index (χ3n) is 4.68. The number of carbonyl (C=O) groups excluding carboxylic acids is 2. The molecule has 160 valence electrons. The Labute approximate surface area is 176 Å². The number of phenols is 2. The molecule has 0 unspecified atom stereocenters. The molecule has 0 saturated carbocycles. The number of phenolic OH excluding ortho intramolecular Hbond substituents is 2. The Morgan fingerprint density at radius 3 is 2.00 bits per heavy atom. The van der Waals surface area contributed by atoms with E-state index in [0.29, 0.717) is 29.5 Å². The van der Waals surface area contributed by atoms with Gasteiger partial charge in [0.2, 0.25) is 0 Å². The fraction of sp³-hybridized carbons (Fsp3) is 0.333. The highest BCUT2D eigenvalue weighted by molar-refractivity contribution is 5.91. The van der Waals surface area contributed by atoms with Gasteiger partial charge in [-0.3, -0.25) is 9.59 Å². The lowest BCUT2D eigenvalue weighted by Crippen LogP contribution is -2.12. The quantitative estimate of drug-likeness (QED) is 0.209. The summed E-state index contributed by atoms with van der Waals surface area (Å²) >= 11 is 0. The lowest BCUT2D eigenvalue weighted by Gasteiger charge is -2.21. The third-order valence-corrected chi connectivity index (χ3v) is 4.68. The standard InChI is InChI=1S/C24H28O6/c1-5-16-17(6-2)24(30-20(26)8-4)21(23(28)22(16)27)18(29-19(25)7-3)14-15-12-10-9-11-13-15/h9-14,27-28H,5-8H2,1-4H3/b18-14-. The van der Waals surface area contributed by atoms with Crippen molar-refractivity contribution in [3.05, 3.63) is 52.6 Å². The van der Waals surface area contributed by atoms with E-state index < -0.39 is 17.7 Å². The van der Waals surface area contributed by atoms with Crippen molar-refractivity contribution >= 4 is 23.8 Å². The van der Waals surface area contributed by atoms with Crippen molar-refractivity contribution in [1.82, 2.24) is 0 Å². The van der Waals surface area contributed by atoms with Gasteiger partial charge in [-0.2, -0.15) is 0 Å². The molecule has 0 saturated heterocycles. The molecule has 2 N–H and O–H groups in total. The molecule has 2 aromatic rings. The zero-order valence-electron chi connectivity index (χ0n) is 17.8. The fourth-order valence-electron chi connectivity index (χ4n) is 3.13. The second-order valence-corrected chi connectivity index (χ2v) is 6.64. The maximum Gasteiger partial charge on any atom is 0.310 e. The van der Waals surface area contributed by atoms with Crippen LogP contribution in [-0.2, 0) is 27.2 Å². The van der Waals surface area contributed by atoms with Gasteiger partial charge in [-0.15, -0.1) is 0 Å². The first-order chi connectivity index (χ1) is 14.4. The lowest BCUT2D eigenvalue weighted by molar-refractivity contribution is -0.136. The van der Waals surface area contributed by atoms with Crippen molar-refractivity contribution in [2.45, 2.75) is 53.4 Å². The molecule has 0 bridgehead atoms. The van der Waals surface area contributed by atoms with Crippen LogP contribution in [0.15, 0.2) is 30.3 Å². The molecular formula is C24H28O6. The first kappa shape index (κ1) is 23.0. The van der Waals surface area contributed by atoms with E-state index >= 15 is 0 Å². The summed E-state index contributed by atoms with van der Waals surface area (Å²) in [4.78, 5) is 24.3. The molecule has 2 rings (SSSR count). The molecule has 0 aliphatic carbocycles. The predicted molar refractivity (Wildman–Crippen MR) is 115 cm³/mol. The maximum atomic E-state index is 12.2. The molecule has 2 aromatic carbocycles. The largest absolute Gasteiger partial charge is 0.504 e. The van der Waals surface area contributed by atoms with Gasteiger partial charge in [-0.05, 0) is 24.5 Å². The molecule has 0 aromatic heterocycles. The van der Waals surface area contributed by atoms with Crippen LogP contribution in [0.1, 0.15) is 62.8 Å². The number of benzene rings is 2. The Kier molecular flexibility index (Phi) is 8.04. The van der Waals surface area contributed by atoms with Crippen molar-refractivity contribution in [2.75, 3.05) is 0 Å². The monoisotopic (exact) mass is 412 g/mol. The zero-order chi connectivity index (χ0) is 22.3. The normalized spacial score (nSPS) is 11.3. The zero-order valence-corrected chi connectivity index (χ0v) is 17.8. The number of hydrogen-bond acceptors (Lipinski definition) is 6. The molecule has 0 atom stereocenters. The Morgan fingerprint density at radius 1 is 0.867 bits per heavy atom. The summed E-state index contributed by atoms with van der Waals surface area (Å²) < 4.78 is 11.1. The predicted octanol–water partition coefficient (Wildman–Crippen LogP) is 4.99. The summed E-state index contributed by atoms with van der Waals surface area (Å²) in [6, 6.07) is 9.08. The Balaban J connectivity index is 2.87. The van der Waals surface area contributed by atoms with Gasteiger partial charge in [0.1, 0.15) is 17.1 Å². The molecular weight excluding hydrogens is 384 g/mol. The number of esters is 2. The van der Waals surface area contributed by atoms with Gasteiger partial charge in [0, 0.05) is 24.0 Å². The number of aromatic hydroxyl groups is 2. The van der Waals surface area contributed by atoms with E-state index in [1.807, 2.05) is 32.0 Å². The van der Waals surface area contributed by atoms with E-state index in [4.69, 9.17) is 9.47 Å². The fourth-order valence-corrected chi connectivity index (χ4v) is 3.13. The van der Waals surface area contributed by atoms with Gasteiger partial charge in [-0.1, -0.05) is 58.0 Å². The lowest BCUT2D eigenvalue weighted by atomic mass is 9.94. The number of rotatable bonds is 8. The first-order valence-corrected chi connectivity index (χ1v) is 10.2. The minimum Gasteiger partial charge on any atom is -0.504 e. The van der Waals surface area contributed by atoms with Gasteiger partial charge in [0.25, 0.3) is 0 Å². The summed E-state index contributed by atoms with van der Waals surface area (Å²) in [7, 11) is 0. The highest BCUT2D eigenvalue weighted by atomic mass is 16.5. The summed E-state index contributed by atoms with van der Waals surface area (Å²) in [6.45, 7) is 7.00. The second-order valence-electron chi connectivity index (χ2n) is 6.64. The van der Waals surface area contributed by atoms with E-state index in [0.717, 1.165) is 0 Å². The summed E-state index contributed by atoms with van der Waals surface area (Å²) in [6.07, 6.45) is 2.66. The van der Waals surface area contributed by atoms with Gasteiger partial charge >= 0.3 is 11.9 Å². The topological polar surface area (TPSA) is 93.1 Å². The van der Waals surface area contributed by atoms with E-state index in [-0.39, 0.29) is 35.7 Å². The van der Waals surface area contributed by atoms with E-state index in [1.165, 1.54) is 0 Å². The van der Waals surface area contributed by atoms with Crippen LogP contribution in [0.5, 0.6) is 17.2 Å². The van der Waals surface area contributed by atoms with Crippen molar-refractivity contribution in [1.29, 1.82) is 0 Å². The van der Waals surface area contributed by atoms with Crippen molar-refractivity contribution in [3.8, 4) is 17.2 Å². The number of carbonyl (C=O) groups is 2. The molecule has 0 fully saturated rings. The molecule has 0 aliphatic heterocycles.